The van der Waals surface area contributed by atoms with Gasteiger partial charge in [-0.3, -0.25) is 4.79 Å². The van der Waals surface area contributed by atoms with Gasteiger partial charge in [0, 0.05) is 52.4 Å². The van der Waals surface area contributed by atoms with Gasteiger partial charge in [-0.15, -0.1) is 12.3 Å². The van der Waals surface area contributed by atoms with Crippen LogP contribution in [0.25, 0.3) is 0 Å². The molecule has 1 N–H and O–H groups in total. The molecule has 0 aliphatic carbocycles. The average molecular weight is 347 g/mol. The highest BCUT2D eigenvalue weighted by Crippen LogP contribution is 2.37. The second-order valence-corrected chi connectivity index (χ2v) is 6.82. The fourth-order valence-electron chi connectivity index (χ4n) is 3.66. The van der Waals surface area contributed by atoms with Gasteiger partial charge >= 0.3 is 6.03 Å². The SMILES string of the molecule is C#CCCC1(CCC(=O)N2CC[C@@H]3[C@H](C2)NC(=O)N3CCOC)N=N1. The first kappa shape index (κ1) is 17.7. The number of ether oxygens (including phenoxy) is 1. The number of carbonyl (C=O) groups is 2. The van der Waals surface area contributed by atoms with Crippen LogP contribution < -0.4 is 5.32 Å². The van der Waals surface area contributed by atoms with Gasteiger partial charge in [-0.2, -0.15) is 10.2 Å². The molecular formula is C17H25N5O3. The molecule has 3 aliphatic rings. The first-order valence-corrected chi connectivity index (χ1v) is 8.80. The summed E-state index contributed by atoms with van der Waals surface area (Å²) in [5.74, 6) is 2.69. The van der Waals surface area contributed by atoms with Gasteiger partial charge in [0.1, 0.15) is 0 Å². The summed E-state index contributed by atoms with van der Waals surface area (Å²) in [5, 5.41) is 11.1. The monoisotopic (exact) mass is 347 g/mol. The Hall–Kier alpha value is -2.14. The van der Waals surface area contributed by atoms with E-state index in [4.69, 9.17) is 11.2 Å². The molecule has 0 unspecified atom stereocenters. The van der Waals surface area contributed by atoms with Gasteiger partial charge < -0.3 is 19.9 Å². The van der Waals surface area contributed by atoms with Crippen molar-refractivity contribution in [2.45, 2.75) is 49.9 Å². The van der Waals surface area contributed by atoms with Crippen LogP contribution in [0, 0.1) is 12.3 Å². The van der Waals surface area contributed by atoms with E-state index in [1.54, 1.807) is 7.11 Å². The first-order valence-electron chi connectivity index (χ1n) is 8.80. The van der Waals surface area contributed by atoms with Gasteiger partial charge in [0.15, 0.2) is 5.66 Å². The van der Waals surface area contributed by atoms with E-state index in [-0.39, 0.29) is 24.0 Å². The Kier molecular flexibility index (Phi) is 5.23. The largest absolute Gasteiger partial charge is 0.383 e. The predicted molar refractivity (Wildman–Crippen MR) is 90.8 cm³/mol. The number of likely N-dealkylation sites (tertiary alicyclic amines) is 1. The van der Waals surface area contributed by atoms with Gasteiger partial charge in [0.25, 0.3) is 0 Å². The number of fused-ring (bicyclic) bond motifs is 1. The molecule has 3 amide bonds. The highest BCUT2D eigenvalue weighted by molar-refractivity contribution is 5.79. The van der Waals surface area contributed by atoms with Crippen LogP contribution in [0.2, 0.25) is 0 Å². The van der Waals surface area contributed by atoms with E-state index in [0.29, 0.717) is 51.9 Å². The van der Waals surface area contributed by atoms with Crippen LogP contribution in [0.1, 0.15) is 32.1 Å². The van der Waals surface area contributed by atoms with Crippen molar-refractivity contribution in [3.05, 3.63) is 0 Å². The third-order valence-electron chi connectivity index (χ3n) is 5.23. The Morgan fingerprint density at radius 1 is 1.48 bits per heavy atom. The van der Waals surface area contributed by atoms with Gasteiger partial charge in [-0.05, 0) is 6.42 Å². The zero-order chi connectivity index (χ0) is 17.9. The van der Waals surface area contributed by atoms with Crippen molar-refractivity contribution in [1.29, 1.82) is 0 Å². The number of carbonyl (C=O) groups excluding carboxylic acids is 2. The van der Waals surface area contributed by atoms with Crippen molar-refractivity contribution in [3.63, 3.8) is 0 Å². The van der Waals surface area contributed by atoms with Crippen LogP contribution >= 0.6 is 0 Å². The van der Waals surface area contributed by atoms with Crippen LogP contribution in [0.15, 0.2) is 10.2 Å². The lowest BCUT2D eigenvalue weighted by Crippen LogP contribution is -2.53. The summed E-state index contributed by atoms with van der Waals surface area (Å²) in [7, 11) is 1.63. The second-order valence-electron chi connectivity index (χ2n) is 6.82. The zero-order valence-corrected chi connectivity index (χ0v) is 14.6. The Labute approximate surface area is 148 Å². The van der Waals surface area contributed by atoms with Crippen molar-refractivity contribution in [1.82, 2.24) is 15.1 Å². The number of methoxy groups -OCH3 is 1. The molecule has 0 aromatic carbocycles. The van der Waals surface area contributed by atoms with Crippen molar-refractivity contribution in [3.8, 4) is 12.3 Å². The minimum absolute atomic E-state index is 0.00671. The topological polar surface area (TPSA) is 86.6 Å². The number of nitrogens with zero attached hydrogens (tertiary/aromatic N) is 4. The number of amides is 3. The fraction of sp³-hybridized carbons (Fsp3) is 0.765. The Morgan fingerprint density at radius 3 is 2.96 bits per heavy atom. The molecular weight excluding hydrogens is 322 g/mol. The van der Waals surface area contributed by atoms with E-state index >= 15 is 0 Å². The van der Waals surface area contributed by atoms with E-state index in [9.17, 15) is 9.59 Å². The fourth-order valence-corrected chi connectivity index (χ4v) is 3.66. The van der Waals surface area contributed by atoms with E-state index in [0.717, 1.165) is 6.42 Å². The molecule has 25 heavy (non-hydrogen) atoms. The maximum absolute atomic E-state index is 12.5. The molecule has 0 radical (unpaired) electrons. The standard InChI is InChI=1S/C17H25N5O3/c1-3-4-7-17(19-20-17)8-5-15(23)21-9-6-14-13(12-21)18-16(24)22(14)10-11-25-2/h1,13-14H,4-12H2,2H3,(H,18,24)/t13-,14+/m0/s1. The van der Waals surface area contributed by atoms with Gasteiger partial charge in [0.2, 0.25) is 5.91 Å². The van der Waals surface area contributed by atoms with Crippen LogP contribution in [-0.2, 0) is 9.53 Å². The molecule has 3 rings (SSSR count). The number of hydrogen-bond acceptors (Lipinski definition) is 5. The zero-order valence-electron chi connectivity index (χ0n) is 14.6. The summed E-state index contributed by atoms with van der Waals surface area (Å²) >= 11 is 0. The summed E-state index contributed by atoms with van der Waals surface area (Å²) < 4.78 is 5.07. The summed E-state index contributed by atoms with van der Waals surface area (Å²) in [4.78, 5) is 28.3. The van der Waals surface area contributed by atoms with Gasteiger partial charge in [-0.25, -0.2) is 4.79 Å². The molecule has 0 saturated carbocycles. The lowest BCUT2D eigenvalue weighted by molar-refractivity contribution is -0.133. The molecule has 136 valence electrons. The number of urea groups is 1. The molecule has 3 aliphatic heterocycles. The third-order valence-corrected chi connectivity index (χ3v) is 5.23. The number of rotatable bonds is 8. The first-order chi connectivity index (χ1) is 12.1. The maximum Gasteiger partial charge on any atom is 0.318 e. The predicted octanol–water partition coefficient (Wildman–Crippen LogP) is 0.983. The van der Waals surface area contributed by atoms with Crippen molar-refractivity contribution in [2.24, 2.45) is 10.2 Å². The molecule has 2 atom stereocenters. The molecule has 0 spiro atoms. The molecule has 8 nitrogen and oxygen atoms in total. The van der Waals surface area contributed by atoms with Crippen molar-refractivity contribution < 1.29 is 14.3 Å². The Balaban J connectivity index is 1.47. The lowest BCUT2D eigenvalue weighted by atomic mass is 9.98. The van der Waals surface area contributed by atoms with Crippen molar-refractivity contribution in [2.75, 3.05) is 33.4 Å². The van der Waals surface area contributed by atoms with E-state index in [2.05, 4.69) is 21.5 Å². The maximum atomic E-state index is 12.5. The number of terminal acetylenes is 1. The smallest absolute Gasteiger partial charge is 0.318 e. The Bertz CT molecular complexity index is 594. The Morgan fingerprint density at radius 2 is 2.28 bits per heavy atom. The van der Waals surface area contributed by atoms with Crippen LogP contribution in [0.4, 0.5) is 4.79 Å². The number of nitrogens with one attached hydrogen (secondary N) is 1. The van der Waals surface area contributed by atoms with Gasteiger partial charge in [-0.1, -0.05) is 0 Å². The summed E-state index contributed by atoms with van der Waals surface area (Å²) in [5.41, 5.74) is -0.418. The minimum Gasteiger partial charge on any atom is -0.383 e. The van der Waals surface area contributed by atoms with Crippen molar-refractivity contribution >= 4 is 11.9 Å². The number of piperidine rings is 1. The third kappa shape index (κ3) is 3.93. The summed E-state index contributed by atoms with van der Waals surface area (Å²) in [6.07, 6.45) is 8.44. The van der Waals surface area contributed by atoms with E-state index in [1.165, 1.54) is 0 Å². The highest BCUT2D eigenvalue weighted by Gasteiger charge is 2.44. The summed E-state index contributed by atoms with van der Waals surface area (Å²) in [6.45, 7) is 2.33. The summed E-state index contributed by atoms with van der Waals surface area (Å²) in [6, 6.07) is 0.0695. The molecule has 2 saturated heterocycles. The highest BCUT2D eigenvalue weighted by atomic mass is 16.5. The second kappa shape index (κ2) is 7.40. The molecule has 0 aromatic rings. The van der Waals surface area contributed by atoms with Gasteiger partial charge in [0.05, 0.1) is 18.7 Å². The molecule has 2 fully saturated rings. The van der Waals surface area contributed by atoms with Crippen LogP contribution in [-0.4, -0.2) is 72.8 Å². The van der Waals surface area contributed by atoms with Crippen LogP contribution in [0.5, 0.6) is 0 Å². The van der Waals surface area contributed by atoms with Crippen LogP contribution in [0.3, 0.4) is 0 Å². The minimum atomic E-state index is -0.418. The lowest BCUT2D eigenvalue weighted by Gasteiger charge is -2.36. The quantitative estimate of drug-likeness (QED) is 0.664. The van der Waals surface area contributed by atoms with E-state index in [1.807, 2.05) is 9.80 Å². The van der Waals surface area contributed by atoms with E-state index < -0.39 is 5.66 Å². The molecule has 0 bridgehead atoms. The average Bonchev–Trinajstić information content (AvgIpc) is 3.32. The molecule has 3 heterocycles. The molecule has 8 heteroatoms. The number of hydrogen-bond donors (Lipinski definition) is 1. The normalized spacial score (nSPS) is 26.2. The molecule has 0 aromatic heterocycles.